The van der Waals surface area contributed by atoms with Crippen molar-refractivity contribution in [2.75, 3.05) is 24.4 Å². The van der Waals surface area contributed by atoms with Crippen molar-refractivity contribution < 1.29 is 52.0 Å². The summed E-state index contributed by atoms with van der Waals surface area (Å²) in [7, 11) is -9.35. The largest absolute Gasteiger partial charge is 0.388 e. The van der Waals surface area contributed by atoms with Crippen LogP contribution < -0.4 is 10.00 Å². The van der Waals surface area contributed by atoms with E-state index in [0.717, 1.165) is 0 Å². The maximum absolute atomic E-state index is 14.3. The molecule has 3 heterocycles. The van der Waals surface area contributed by atoms with Crippen LogP contribution in [0.2, 0.25) is 5.15 Å². The zero-order chi connectivity index (χ0) is 29.2. The maximum Gasteiger partial charge on any atom is 0.340 e. The van der Waals surface area contributed by atoms with Crippen molar-refractivity contribution in [1.82, 2.24) is 10.1 Å². The van der Waals surface area contributed by atoms with Gasteiger partial charge in [0.25, 0.3) is 0 Å². The van der Waals surface area contributed by atoms with Gasteiger partial charge in [-0.05, 0) is 26.0 Å². The van der Waals surface area contributed by atoms with Gasteiger partial charge in [-0.2, -0.15) is 0 Å². The van der Waals surface area contributed by atoms with Crippen molar-refractivity contribution in [1.29, 1.82) is 0 Å². The first-order valence-corrected chi connectivity index (χ1v) is 16.2. The third-order valence-corrected chi connectivity index (χ3v) is 9.86. The highest BCUT2D eigenvalue weighted by molar-refractivity contribution is 7.70. The van der Waals surface area contributed by atoms with E-state index < -0.39 is 52.1 Å². The number of hydrogen-bond acceptors (Lipinski definition) is 8. The molecule has 1 aromatic carbocycles. The summed E-state index contributed by atoms with van der Waals surface area (Å²) in [6.45, 7) is 3.35. The molecule has 0 saturated carbocycles. The second kappa shape index (κ2) is 12.5. The smallest absolute Gasteiger partial charge is 0.340 e. The number of aromatic amines is 1. The molecule has 0 amide bonds. The van der Waals surface area contributed by atoms with Gasteiger partial charge in [-0.15, -0.1) is 9.78 Å². The van der Waals surface area contributed by atoms with Crippen molar-refractivity contribution in [3.63, 3.8) is 0 Å². The Labute approximate surface area is 233 Å². The molecule has 40 heavy (non-hydrogen) atoms. The number of fused-ring (bicyclic) bond motifs is 1. The summed E-state index contributed by atoms with van der Waals surface area (Å²) >= 11 is 6.22. The number of benzene rings is 1. The van der Waals surface area contributed by atoms with Crippen molar-refractivity contribution in [2.45, 2.75) is 50.8 Å². The van der Waals surface area contributed by atoms with Gasteiger partial charge in [-0.3, -0.25) is 9.13 Å². The van der Waals surface area contributed by atoms with Crippen LogP contribution in [0.15, 0.2) is 36.5 Å². The Morgan fingerprint density at radius 2 is 2.02 bits per heavy atom. The number of aliphatic hydroxyl groups is 1. The molecule has 6 atom stereocenters. The van der Waals surface area contributed by atoms with E-state index in [0.29, 0.717) is 28.8 Å². The Morgan fingerprint density at radius 3 is 2.73 bits per heavy atom. The number of aliphatic hydroxyl groups excluding tert-OH is 1. The maximum atomic E-state index is 14.3. The summed E-state index contributed by atoms with van der Waals surface area (Å²) in [6.07, 6.45) is -1.65. The molecule has 13 nitrogen and oxygen atoms in total. The third-order valence-electron chi connectivity index (χ3n) is 6.21. The van der Waals surface area contributed by atoms with Gasteiger partial charge in [-0.1, -0.05) is 29.8 Å². The zero-order valence-electron chi connectivity index (χ0n) is 21.6. The van der Waals surface area contributed by atoms with E-state index in [-0.39, 0.29) is 23.6 Å². The normalized spacial score (nSPS) is 22.8. The molecule has 1 aliphatic heterocycles. The first-order chi connectivity index (χ1) is 18.7. The predicted octanol–water partition coefficient (Wildman–Crippen LogP) is 2.69. The lowest BCUT2D eigenvalue weighted by molar-refractivity contribution is -0.754. The van der Waals surface area contributed by atoms with Crippen LogP contribution in [-0.2, 0) is 29.7 Å². The Balaban J connectivity index is 1.37. The minimum absolute atomic E-state index is 0.0235. The van der Waals surface area contributed by atoms with Gasteiger partial charge in [0, 0.05) is 5.56 Å². The molecule has 1 fully saturated rings. The van der Waals surface area contributed by atoms with Crippen molar-refractivity contribution in [3.8, 4) is 0 Å². The minimum atomic E-state index is -4.77. The van der Waals surface area contributed by atoms with E-state index in [1.807, 2.05) is 6.92 Å². The number of anilines is 1. The highest BCUT2D eigenvalue weighted by Gasteiger charge is 2.40. The number of nitrogens with zero attached hydrogens (tertiary/aromatic N) is 2. The summed E-state index contributed by atoms with van der Waals surface area (Å²) in [5, 5.41) is 17.9. The number of ether oxygens (including phenoxy) is 2. The molecule has 4 rings (SSSR count). The average Bonchev–Trinajstić information content (AvgIpc) is 3.39. The van der Waals surface area contributed by atoms with Crippen molar-refractivity contribution in [3.05, 3.63) is 53.1 Å². The molecule has 0 radical (unpaired) electrons. The zero-order valence-corrected chi connectivity index (χ0v) is 24.1. The van der Waals surface area contributed by atoms with E-state index in [2.05, 4.69) is 15.4 Å². The molecular weight excluding hydrogens is 593 g/mol. The van der Waals surface area contributed by atoms with Crippen molar-refractivity contribution in [2.24, 2.45) is 0 Å². The summed E-state index contributed by atoms with van der Waals surface area (Å²) in [4.78, 5) is 31.7. The lowest BCUT2D eigenvalue weighted by Crippen LogP contribution is -2.44. The monoisotopic (exact) mass is 623 g/mol. The van der Waals surface area contributed by atoms with Crippen LogP contribution in [0.1, 0.15) is 25.5 Å². The molecule has 220 valence electrons. The molecule has 2 aromatic heterocycles. The second-order valence-electron chi connectivity index (χ2n) is 9.62. The summed E-state index contributed by atoms with van der Waals surface area (Å²) < 4.78 is 54.9. The topological polar surface area (TPSA) is 187 Å². The second-order valence-corrected chi connectivity index (χ2v) is 14.0. The van der Waals surface area contributed by atoms with Gasteiger partial charge in [0.2, 0.25) is 11.8 Å². The van der Waals surface area contributed by atoms with Crippen LogP contribution >= 0.6 is 26.8 Å². The van der Waals surface area contributed by atoms with E-state index in [1.54, 1.807) is 42.1 Å². The van der Waals surface area contributed by atoms with Gasteiger partial charge in [0.15, 0.2) is 12.4 Å². The first kappa shape index (κ1) is 31.0. The Kier molecular flexibility index (Phi) is 9.68. The molecule has 1 saturated heterocycles. The third kappa shape index (κ3) is 8.07. The Bertz CT molecular complexity index is 1440. The van der Waals surface area contributed by atoms with Gasteiger partial charge >= 0.3 is 15.2 Å². The van der Waals surface area contributed by atoms with Gasteiger partial charge in [0.1, 0.15) is 40.8 Å². The fourth-order valence-electron chi connectivity index (χ4n) is 4.42. The van der Waals surface area contributed by atoms with Gasteiger partial charge in [-0.25, -0.2) is 9.37 Å². The van der Waals surface area contributed by atoms with Crippen LogP contribution in [0.3, 0.4) is 0 Å². The highest BCUT2D eigenvalue weighted by Crippen LogP contribution is 2.55. The Morgan fingerprint density at radius 1 is 1.30 bits per heavy atom. The molecular formula is C23H31ClFN4O9P2+. The SMILES string of the molecule is CC(C[n+]1cc2c(N[C@@H](C)c3ccccc3F)cc(Cl)nc2[nH]1)O[C@H]1CO[C@H](COP(=O)(O)CP(=O)(O)O)[C@H]1O. The predicted molar refractivity (Wildman–Crippen MR) is 143 cm³/mol. The molecule has 0 aliphatic carbocycles. The quantitative estimate of drug-likeness (QED) is 0.0989. The molecule has 0 bridgehead atoms. The number of aromatic nitrogens is 3. The molecule has 17 heteroatoms. The fraction of sp³-hybridized carbons (Fsp3) is 0.478. The number of halogens is 2. The molecule has 1 aliphatic rings. The van der Waals surface area contributed by atoms with E-state index in [1.165, 1.54) is 6.07 Å². The lowest BCUT2D eigenvalue weighted by atomic mass is 10.1. The Hall–Kier alpha value is -1.96. The number of hydrogen-bond donors (Lipinski definition) is 6. The standard InChI is InChI=1S/C23H30ClFN4O9P2/c1-13(38-20-10-36-19(22(20)30)11-37-40(34,35)12-39(31,32)33)8-29-9-16-18(7-21(24)27-23(16)28-29)26-14(2)15-5-3-4-6-17(15)25/h3-7,9,13-14,19-20,22,30H,8,10-12H2,1-2H3,(H4,26,27,28,31,32,33,34,35)/p+1/t13?,14-,19+,20-,22+/m0/s1. The van der Waals surface area contributed by atoms with Crippen LogP contribution in [0, 0.1) is 5.82 Å². The number of pyridine rings is 1. The fourth-order valence-corrected chi connectivity index (χ4v) is 7.18. The first-order valence-electron chi connectivity index (χ1n) is 12.3. The van der Waals surface area contributed by atoms with Crippen molar-refractivity contribution >= 4 is 43.5 Å². The molecule has 0 spiro atoms. The summed E-state index contributed by atoms with van der Waals surface area (Å²) in [5.41, 5.74) is 1.64. The van der Waals surface area contributed by atoms with Crippen LogP contribution in [0.25, 0.3) is 11.0 Å². The van der Waals surface area contributed by atoms with Crippen LogP contribution in [-0.4, -0.2) is 73.4 Å². The highest BCUT2D eigenvalue weighted by atomic mass is 35.5. The van der Waals surface area contributed by atoms with E-state index in [9.17, 15) is 23.5 Å². The molecule has 3 aromatic rings. The van der Waals surface area contributed by atoms with Gasteiger partial charge in [0.05, 0.1) is 24.9 Å². The summed E-state index contributed by atoms with van der Waals surface area (Å²) in [5.74, 6) is -1.66. The van der Waals surface area contributed by atoms with Crippen LogP contribution in [0.5, 0.6) is 0 Å². The van der Waals surface area contributed by atoms with Gasteiger partial charge < -0.3 is 39.1 Å². The average molecular weight is 624 g/mol. The number of rotatable bonds is 12. The van der Waals surface area contributed by atoms with Crippen LogP contribution in [0.4, 0.5) is 10.1 Å². The molecule has 6 N–H and O–H groups in total. The molecule has 2 unspecified atom stereocenters. The summed E-state index contributed by atoms with van der Waals surface area (Å²) in [6, 6.07) is 7.78. The van der Waals surface area contributed by atoms with E-state index in [4.69, 9.17) is 35.4 Å². The lowest BCUT2D eigenvalue weighted by Gasteiger charge is -2.21. The minimum Gasteiger partial charge on any atom is -0.388 e. The van der Waals surface area contributed by atoms with E-state index >= 15 is 0 Å². The number of H-pyrrole nitrogens is 1. The number of nitrogens with one attached hydrogen (secondary N) is 2.